The summed E-state index contributed by atoms with van der Waals surface area (Å²) in [5, 5.41) is 2.70. The van der Waals surface area contributed by atoms with Gasteiger partial charge in [0.05, 0.1) is 4.91 Å². The Morgan fingerprint density at radius 3 is 2.50 bits per heavy atom. The molecule has 0 spiro atoms. The van der Waals surface area contributed by atoms with Crippen molar-refractivity contribution < 1.29 is 14.4 Å². The summed E-state index contributed by atoms with van der Waals surface area (Å²) in [6.45, 7) is 0.286. The van der Waals surface area contributed by atoms with E-state index in [-0.39, 0.29) is 18.0 Å². The molecule has 0 aliphatic carbocycles. The van der Waals surface area contributed by atoms with E-state index in [2.05, 4.69) is 10.3 Å². The van der Waals surface area contributed by atoms with Gasteiger partial charge in [-0.2, -0.15) is 0 Å². The molecule has 1 aliphatic heterocycles. The minimum absolute atomic E-state index is 0.193. The maximum Gasteiger partial charge on any atom is 0.290 e. The number of carbonyl (C=O) groups excluding carboxylic acids is 3. The average Bonchev–Trinajstić information content (AvgIpc) is 3.04. The van der Waals surface area contributed by atoms with E-state index < -0.39 is 11.1 Å². The van der Waals surface area contributed by atoms with Crippen molar-refractivity contribution in [3.8, 4) is 0 Å². The minimum Gasteiger partial charge on any atom is -0.337 e. The number of rotatable bonds is 4. The zero-order valence-corrected chi connectivity index (χ0v) is 16.8. The summed E-state index contributed by atoms with van der Waals surface area (Å²) >= 11 is 0.845. The molecule has 4 rings (SSSR count). The van der Waals surface area contributed by atoms with Crippen molar-refractivity contribution >= 4 is 45.8 Å². The molecule has 2 heterocycles. The monoisotopic (exact) mass is 419 g/mol. The molecule has 3 aromatic rings. The molecule has 0 bridgehead atoms. The van der Waals surface area contributed by atoms with Gasteiger partial charge >= 0.3 is 0 Å². The molecule has 7 nitrogen and oxygen atoms in total. The van der Waals surface area contributed by atoms with Crippen molar-refractivity contribution in [1.82, 2.24) is 15.2 Å². The minimum atomic E-state index is -0.421. The number of fused-ring (bicyclic) bond motifs is 1. The summed E-state index contributed by atoms with van der Waals surface area (Å²) in [5.41, 5.74) is 2.47. The maximum atomic E-state index is 12.8. The zero-order chi connectivity index (χ0) is 21.3. The van der Waals surface area contributed by atoms with Crippen LogP contribution in [0, 0.1) is 0 Å². The topological polar surface area (TPSA) is 99.3 Å². The number of hydrogen-bond acceptors (Lipinski definition) is 5. The number of imide groups is 1. The Hall–Kier alpha value is -3.65. The van der Waals surface area contributed by atoms with Crippen LogP contribution in [0.5, 0.6) is 0 Å². The third kappa shape index (κ3) is 4.04. The van der Waals surface area contributed by atoms with Gasteiger partial charge in [0.2, 0.25) is 5.56 Å². The van der Waals surface area contributed by atoms with Crippen LogP contribution in [-0.2, 0) is 11.3 Å². The first kappa shape index (κ1) is 19.7. The van der Waals surface area contributed by atoms with Crippen LogP contribution in [0.15, 0.2) is 64.3 Å². The van der Waals surface area contributed by atoms with Crippen LogP contribution < -0.4 is 10.9 Å². The molecule has 0 atom stereocenters. The molecule has 30 heavy (non-hydrogen) atoms. The molecule has 2 aromatic carbocycles. The van der Waals surface area contributed by atoms with Crippen LogP contribution in [-0.4, -0.2) is 34.0 Å². The van der Waals surface area contributed by atoms with E-state index in [4.69, 9.17) is 0 Å². The normalized spacial score (nSPS) is 14.9. The fourth-order valence-corrected chi connectivity index (χ4v) is 3.93. The Kier molecular flexibility index (Phi) is 5.24. The molecule has 1 fully saturated rings. The molecular weight excluding hydrogens is 402 g/mol. The van der Waals surface area contributed by atoms with Gasteiger partial charge in [0.25, 0.3) is 17.1 Å². The quantitative estimate of drug-likeness (QED) is 0.633. The molecule has 8 heteroatoms. The van der Waals surface area contributed by atoms with Crippen LogP contribution in [0.1, 0.15) is 21.5 Å². The van der Waals surface area contributed by atoms with E-state index in [1.165, 1.54) is 6.07 Å². The molecule has 1 aliphatic rings. The molecule has 1 saturated heterocycles. The third-order valence-electron chi connectivity index (χ3n) is 4.69. The highest BCUT2D eigenvalue weighted by Gasteiger charge is 2.25. The van der Waals surface area contributed by atoms with Crippen LogP contribution >= 0.6 is 11.8 Å². The number of para-hydroxylation sites is 1. The second kappa shape index (κ2) is 8.00. The summed E-state index contributed by atoms with van der Waals surface area (Å²) in [4.78, 5) is 52.3. The number of aromatic nitrogens is 1. The first-order chi connectivity index (χ1) is 14.4. The number of amides is 3. The number of H-pyrrole nitrogens is 1. The number of hydrogen-bond donors (Lipinski definition) is 2. The van der Waals surface area contributed by atoms with E-state index in [1.54, 1.807) is 42.3 Å². The van der Waals surface area contributed by atoms with E-state index >= 15 is 0 Å². The lowest BCUT2D eigenvalue weighted by Gasteiger charge is -2.18. The van der Waals surface area contributed by atoms with E-state index in [1.807, 2.05) is 24.3 Å². The molecule has 0 saturated carbocycles. The second-order valence-electron chi connectivity index (χ2n) is 6.84. The highest BCUT2D eigenvalue weighted by molar-refractivity contribution is 8.18. The van der Waals surface area contributed by atoms with Gasteiger partial charge in [0.15, 0.2) is 0 Å². The predicted molar refractivity (Wildman–Crippen MR) is 116 cm³/mol. The first-order valence-electron chi connectivity index (χ1n) is 9.12. The Morgan fingerprint density at radius 2 is 1.80 bits per heavy atom. The fourth-order valence-electron chi connectivity index (χ4n) is 3.25. The van der Waals surface area contributed by atoms with Gasteiger partial charge in [-0.05, 0) is 47.2 Å². The van der Waals surface area contributed by atoms with Crippen molar-refractivity contribution in [3.05, 3.63) is 86.5 Å². The number of benzene rings is 2. The van der Waals surface area contributed by atoms with Crippen molar-refractivity contribution in [2.24, 2.45) is 0 Å². The zero-order valence-electron chi connectivity index (χ0n) is 16.0. The first-order valence-corrected chi connectivity index (χ1v) is 9.94. The standard InChI is InChI=1S/C22H17N3O4S/c1-25(12-15-11-19(26)23-17-5-3-2-4-16(15)17)21(28)14-8-6-13(7-9-14)10-18-20(27)24-22(29)30-18/h2-11H,12H2,1H3,(H,23,26)(H,24,27,29). The largest absolute Gasteiger partial charge is 0.337 e. The Labute approximate surface area is 175 Å². The summed E-state index contributed by atoms with van der Waals surface area (Å²) in [5.74, 6) is -0.614. The van der Waals surface area contributed by atoms with E-state index in [0.717, 1.165) is 28.2 Å². The number of pyridine rings is 1. The molecular formula is C22H17N3O4S. The van der Waals surface area contributed by atoms with Crippen molar-refractivity contribution in [3.63, 3.8) is 0 Å². The van der Waals surface area contributed by atoms with E-state index in [9.17, 15) is 19.2 Å². The molecule has 150 valence electrons. The van der Waals surface area contributed by atoms with Crippen molar-refractivity contribution in [1.29, 1.82) is 0 Å². The van der Waals surface area contributed by atoms with Gasteiger partial charge in [0, 0.05) is 36.1 Å². The molecule has 0 radical (unpaired) electrons. The van der Waals surface area contributed by atoms with E-state index in [0.29, 0.717) is 16.0 Å². The molecule has 2 N–H and O–H groups in total. The average molecular weight is 419 g/mol. The van der Waals surface area contributed by atoms with Gasteiger partial charge < -0.3 is 9.88 Å². The summed E-state index contributed by atoms with van der Waals surface area (Å²) in [6.07, 6.45) is 1.60. The lowest BCUT2D eigenvalue weighted by atomic mass is 10.1. The van der Waals surface area contributed by atoms with Crippen molar-refractivity contribution in [2.45, 2.75) is 6.54 Å². The summed E-state index contributed by atoms with van der Waals surface area (Å²) in [6, 6.07) is 15.7. The van der Waals surface area contributed by atoms with Gasteiger partial charge in [-0.3, -0.25) is 24.5 Å². The van der Waals surface area contributed by atoms with Crippen LogP contribution in [0.4, 0.5) is 4.79 Å². The van der Waals surface area contributed by atoms with Gasteiger partial charge in [-0.25, -0.2) is 0 Å². The van der Waals surface area contributed by atoms with Gasteiger partial charge in [-0.15, -0.1) is 0 Å². The number of nitrogens with one attached hydrogen (secondary N) is 2. The lowest BCUT2D eigenvalue weighted by molar-refractivity contribution is -0.115. The second-order valence-corrected chi connectivity index (χ2v) is 7.85. The Morgan fingerprint density at radius 1 is 1.07 bits per heavy atom. The Balaban J connectivity index is 1.52. The lowest BCUT2D eigenvalue weighted by Crippen LogP contribution is -2.27. The Bertz CT molecular complexity index is 1260. The SMILES string of the molecule is CN(Cc1cc(=O)[nH]c2ccccc12)C(=O)c1ccc(C=C2SC(=O)NC2=O)cc1. The maximum absolute atomic E-state index is 12.8. The van der Waals surface area contributed by atoms with Crippen LogP contribution in [0.3, 0.4) is 0 Å². The fraction of sp³-hybridized carbons (Fsp3) is 0.0909. The molecule has 0 unspecified atom stereocenters. The predicted octanol–water partition coefficient (Wildman–Crippen LogP) is 3.12. The van der Waals surface area contributed by atoms with Crippen LogP contribution in [0.2, 0.25) is 0 Å². The highest BCUT2D eigenvalue weighted by Crippen LogP contribution is 2.25. The summed E-state index contributed by atoms with van der Waals surface area (Å²) < 4.78 is 0. The van der Waals surface area contributed by atoms with Crippen molar-refractivity contribution in [2.75, 3.05) is 7.05 Å². The number of aromatic amines is 1. The van der Waals surface area contributed by atoms with Gasteiger partial charge in [-0.1, -0.05) is 30.3 Å². The third-order valence-corrected chi connectivity index (χ3v) is 5.50. The number of thioether (sulfide) groups is 1. The van der Waals surface area contributed by atoms with Crippen LogP contribution in [0.25, 0.3) is 17.0 Å². The molecule has 3 amide bonds. The molecule has 1 aromatic heterocycles. The smallest absolute Gasteiger partial charge is 0.290 e. The van der Waals surface area contributed by atoms with Gasteiger partial charge in [0.1, 0.15) is 0 Å². The number of carbonyl (C=O) groups is 3. The number of nitrogens with zero attached hydrogens (tertiary/aromatic N) is 1. The highest BCUT2D eigenvalue weighted by atomic mass is 32.2. The summed E-state index contributed by atoms with van der Waals surface area (Å²) in [7, 11) is 1.68.